The number of anilines is 2. The third-order valence-corrected chi connectivity index (χ3v) is 4.50. The molecule has 0 aliphatic heterocycles. The minimum atomic E-state index is 0.485. The van der Waals surface area contributed by atoms with Crippen molar-refractivity contribution in [1.82, 2.24) is 9.88 Å². The Kier molecular flexibility index (Phi) is 4.35. The van der Waals surface area contributed by atoms with E-state index in [9.17, 15) is 0 Å². The smallest absolute Gasteiger partial charge is 0.132 e. The van der Waals surface area contributed by atoms with Crippen LogP contribution in [0.3, 0.4) is 0 Å². The van der Waals surface area contributed by atoms with E-state index in [2.05, 4.69) is 16.0 Å². The summed E-state index contributed by atoms with van der Waals surface area (Å²) in [5, 5.41) is 2.56. The van der Waals surface area contributed by atoms with E-state index in [4.69, 9.17) is 23.1 Å². The highest BCUT2D eigenvalue weighted by molar-refractivity contribution is 6.31. The lowest BCUT2D eigenvalue weighted by Gasteiger charge is -2.14. The molecule has 24 heavy (non-hydrogen) atoms. The van der Waals surface area contributed by atoms with E-state index < -0.39 is 0 Å². The van der Waals surface area contributed by atoms with Gasteiger partial charge in [-0.1, -0.05) is 29.8 Å². The zero-order valence-corrected chi connectivity index (χ0v) is 14.9. The molecule has 0 spiro atoms. The fourth-order valence-electron chi connectivity index (χ4n) is 2.83. The summed E-state index contributed by atoms with van der Waals surface area (Å²) in [5.41, 5.74) is 17.0. The third kappa shape index (κ3) is 3.03. The molecule has 124 valence electrons. The number of fused-ring (bicyclic) bond motifs is 1. The van der Waals surface area contributed by atoms with Gasteiger partial charge in [0.25, 0.3) is 0 Å². The van der Waals surface area contributed by atoms with E-state index in [0.29, 0.717) is 5.82 Å². The number of rotatable bonds is 3. The van der Waals surface area contributed by atoms with Gasteiger partial charge in [-0.2, -0.15) is 0 Å². The van der Waals surface area contributed by atoms with Crippen molar-refractivity contribution in [3.8, 4) is 11.3 Å². The number of pyridine rings is 1. The number of nitrogens with zero attached hydrogens (tertiary/aromatic N) is 2. The highest BCUT2D eigenvalue weighted by Crippen LogP contribution is 2.32. The monoisotopic (exact) mass is 340 g/mol. The van der Waals surface area contributed by atoms with Crippen LogP contribution in [0.2, 0.25) is 5.02 Å². The molecule has 4 nitrogen and oxygen atoms in total. The fraction of sp³-hybridized carbons (Fsp3) is 0.211. The van der Waals surface area contributed by atoms with Crippen LogP contribution in [-0.2, 0) is 6.54 Å². The Labute approximate surface area is 147 Å². The van der Waals surface area contributed by atoms with Gasteiger partial charge < -0.3 is 16.4 Å². The number of nitrogen functional groups attached to an aromatic ring is 2. The van der Waals surface area contributed by atoms with E-state index >= 15 is 0 Å². The second kappa shape index (κ2) is 6.30. The van der Waals surface area contributed by atoms with Crippen LogP contribution in [0, 0.1) is 6.92 Å². The molecule has 0 radical (unpaired) electrons. The van der Waals surface area contributed by atoms with E-state index in [1.165, 1.54) is 0 Å². The predicted octanol–water partition coefficient (Wildman–Crippen LogP) is 4.09. The normalized spacial score (nSPS) is 11.4. The molecule has 0 saturated heterocycles. The number of benzene rings is 2. The van der Waals surface area contributed by atoms with E-state index in [1.807, 2.05) is 51.4 Å². The zero-order valence-electron chi connectivity index (χ0n) is 14.1. The standard InChI is InChI=1S/C19H21ClN4/c1-11-4-6-14-15(18(11)21)9-17(23-19(14)22)12-5-7-16(20)13(8-12)10-24(2)3/h4-9H,10,21H2,1-3H3,(H2,22,23). The van der Waals surface area contributed by atoms with Gasteiger partial charge in [0, 0.05) is 33.6 Å². The molecule has 1 heterocycles. The van der Waals surface area contributed by atoms with Gasteiger partial charge in [-0.25, -0.2) is 4.98 Å². The van der Waals surface area contributed by atoms with Gasteiger partial charge in [0.2, 0.25) is 0 Å². The van der Waals surface area contributed by atoms with E-state index in [1.54, 1.807) is 0 Å². The summed E-state index contributed by atoms with van der Waals surface area (Å²) in [5.74, 6) is 0.485. The first-order valence-electron chi connectivity index (χ1n) is 7.75. The Morgan fingerprint density at radius 1 is 1.04 bits per heavy atom. The molecule has 2 aromatic carbocycles. The summed E-state index contributed by atoms with van der Waals surface area (Å²) in [6, 6.07) is 11.8. The number of aryl methyl sites for hydroxylation is 1. The Hall–Kier alpha value is -2.30. The van der Waals surface area contributed by atoms with Crippen LogP contribution in [0.15, 0.2) is 36.4 Å². The topological polar surface area (TPSA) is 68.2 Å². The molecule has 0 atom stereocenters. The molecule has 3 aromatic rings. The average molecular weight is 341 g/mol. The van der Waals surface area contributed by atoms with Crippen molar-refractivity contribution in [1.29, 1.82) is 0 Å². The Morgan fingerprint density at radius 3 is 2.50 bits per heavy atom. The lowest BCUT2D eigenvalue weighted by Crippen LogP contribution is -2.11. The predicted molar refractivity (Wildman–Crippen MR) is 103 cm³/mol. The molecule has 0 aliphatic carbocycles. The number of hydrogen-bond donors (Lipinski definition) is 2. The second-order valence-electron chi connectivity index (χ2n) is 6.33. The molecule has 0 bridgehead atoms. The summed E-state index contributed by atoms with van der Waals surface area (Å²) >= 11 is 6.31. The highest BCUT2D eigenvalue weighted by atomic mass is 35.5. The van der Waals surface area contributed by atoms with Crippen molar-refractivity contribution >= 4 is 33.9 Å². The molecular weight excluding hydrogens is 320 g/mol. The van der Waals surface area contributed by atoms with Crippen molar-refractivity contribution in [2.75, 3.05) is 25.6 Å². The SMILES string of the molecule is Cc1ccc2c(N)nc(-c3ccc(Cl)c(CN(C)C)c3)cc2c1N. The van der Waals surface area contributed by atoms with Crippen LogP contribution in [0.5, 0.6) is 0 Å². The Morgan fingerprint density at radius 2 is 1.79 bits per heavy atom. The molecular formula is C19H21ClN4. The summed E-state index contributed by atoms with van der Waals surface area (Å²) in [6.45, 7) is 2.75. The first kappa shape index (κ1) is 16.6. The summed E-state index contributed by atoms with van der Waals surface area (Å²) in [6.07, 6.45) is 0. The lowest BCUT2D eigenvalue weighted by molar-refractivity contribution is 0.402. The minimum Gasteiger partial charge on any atom is -0.398 e. The molecule has 4 N–H and O–H groups in total. The first-order valence-corrected chi connectivity index (χ1v) is 8.13. The van der Waals surface area contributed by atoms with E-state index in [0.717, 1.165) is 50.4 Å². The van der Waals surface area contributed by atoms with Crippen molar-refractivity contribution in [2.24, 2.45) is 0 Å². The van der Waals surface area contributed by atoms with Gasteiger partial charge in [-0.05, 0) is 50.3 Å². The molecule has 0 saturated carbocycles. The zero-order chi connectivity index (χ0) is 17.4. The Bertz CT molecular complexity index is 919. The van der Waals surface area contributed by atoms with Crippen LogP contribution in [0.4, 0.5) is 11.5 Å². The number of hydrogen-bond acceptors (Lipinski definition) is 4. The highest BCUT2D eigenvalue weighted by Gasteiger charge is 2.11. The van der Waals surface area contributed by atoms with Crippen molar-refractivity contribution in [2.45, 2.75) is 13.5 Å². The van der Waals surface area contributed by atoms with Crippen LogP contribution < -0.4 is 11.5 Å². The van der Waals surface area contributed by atoms with Crippen molar-refractivity contribution in [3.05, 3.63) is 52.5 Å². The summed E-state index contributed by atoms with van der Waals surface area (Å²) < 4.78 is 0. The molecule has 3 rings (SSSR count). The van der Waals surface area contributed by atoms with Gasteiger partial charge in [0.15, 0.2) is 0 Å². The maximum absolute atomic E-state index is 6.31. The minimum absolute atomic E-state index is 0.485. The first-order chi connectivity index (χ1) is 11.4. The second-order valence-corrected chi connectivity index (χ2v) is 6.74. The van der Waals surface area contributed by atoms with Gasteiger partial charge >= 0.3 is 0 Å². The number of halogens is 1. The number of aromatic nitrogens is 1. The molecule has 0 fully saturated rings. The summed E-state index contributed by atoms with van der Waals surface area (Å²) in [7, 11) is 4.03. The van der Waals surface area contributed by atoms with Gasteiger partial charge in [0.1, 0.15) is 5.82 Å². The number of nitrogens with two attached hydrogens (primary N) is 2. The summed E-state index contributed by atoms with van der Waals surface area (Å²) in [4.78, 5) is 6.64. The lowest BCUT2D eigenvalue weighted by atomic mass is 10.0. The van der Waals surface area contributed by atoms with Crippen LogP contribution in [-0.4, -0.2) is 24.0 Å². The quantitative estimate of drug-likeness (QED) is 0.705. The van der Waals surface area contributed by atoms with Gasteiger partial charge in [-0.15, -0.1) is 0 Å². The molecule has 0 amide bonds. The maximum atomic E-state index is 6.31. The maximum Gasteiger partial charge on any atom is 0.132 e. The fourth-order valence-corrected chi connectivity index (χ4v) is 3.00. The van der Waals surface area contributed by atoms with Crippen LogP contribution in [0.25, 0.3) is 22.0 Å². The van der Waals surface area contributed by atoms with E-state index in [-0.39, 0.29) is 0 Å². The van der Waals surface area contributed by atoms with Crippen LogP contribution >= 0.6 is 11.6 Å². The third-order valence-electron chi connectivity index (χ3n) is 4.13. The average Bonchev–Trinajstić information content (AvgIpc) is 2.53. The van der Waals surface area contributed by atoms with Crippen molar-refractivity contribution in [3.63, 3.8) is 0 Å². The van der Waals surface area contributed by atoms with Gasteiger partial charge in [0.05, 0.1) is 5.69 Å². The van der Waals surface area contributed by atoms with Crippen LogP contribution in [0.1, 0.15) is 11.1 Å². The van der Waals surface area contributed by atoms with Crippen molar-refractivity contribution < 1.29 is 0 Å². The van der Waals surface area contributed by atoms with Gasteiger partial charge in [-0.3, -0.25) is 0 Å². The molecule has 0 unspecified atom stereocenters. The Balaban J connectivity index is 2.18. The largest absolute Gasteiger partial charge is 0.398 e. The molecule has 1 aromatic heterocycles. The molecule has 0 aliphatic rings. The molecule has 5 heteroatoms.